The van der Waals surface area contributed by atoms with Gasteiger partial charge in [0.05, 0.1) is 0 Å². The molecule has 0 radical (unpaired) electrons. The summed E-state index contributed by atoms with van der Waals surface area (Å²) in [6.07, 6.45) is 0. The van der Waals surface area contributed by atoms with E-state index in [-0.39, 0.29) is 6.73 Å². The third kappa shape index (κ3) is 5.11. The van der Waals surface area contributed by atoms with Gasteiger partial charge in [0, 0.05) is 6.54 Å². The van der Waals surface area contributed by atoms with E-state index >= 15 is 0 Å². The van der Waals surface area contributed by atoms with Gasteiger partial charge in [-0.25, -0.2) is 4.57 Å². The van der Waals surface area contributed by atoms with Crippen LogP contribution < -0.4 is 5.32 Å². The van der Waals surface area contributed by atoms with Crippen molar-refractivity contribution in [3.8, 4) is 0 Å². The molecule has 0 bridgehead atoms. The molecule has 0 unspecified atom stereocenters. The fourth-order valence-electron chi connectivity index (χ4n) is 0.921. The van der Waals surface area contributed by atoms with Gasteiger partial charge in [0.15, 0.2) is 0 Å². The fraction of sp³-hybridized carbons (Fsp3) is 0.250. The molecule has 5 nitrogen and oxygen atoms in total. The van der Waals surface area contributed by atoms with Crippen molar-refractivity contribution >= 4 is 7.82 Å². The van der Waals surface area contributed by atoms with Gasteiger partial charge in [-0.3, -0.25) is 9.84 Å². The zero-order chi connectivity index (χ0) is 10.4. The summed E-state index contributed by atoms with van der Waals surface area (Å²) >= 11 is 0. The molecule has 0 aromatic heterocycles. The molecule has 0 amide bonds. The van der Waals surface area contributed by atoms with Crippen LogP contribution in [0.5, 0.6) is 0 Å². The number of benzene rings is 1. The molecular weight excluding hydrogens is 205 g/mol. The molecule has 6 heteroatoms. The minimum Gasteiger partial charge on any atom is -0.303 e. The van der Waals surface area contributed by atoms with Crippen LogP contribution in [0.2, 0.25) is 0 Å². The third-order valence-corrected chi connectivity index (χ3v) is 1.97. The molecule has 3 N–H and O–H groups in total. The number of phosphoric acid groups is 1. The van der Waals surface area contributed by atoms with E-state index < -0.39 is 7.82 Å². The maximum absolute atomic E-state index is 10.3. The second-order valence-corrected chi connectivity index (χ2v) is 3.92. The van der Waals surface area contributed by atoms with Gasteiger partial charge < -0.3 is 9.79 Å². The minimum absolute atomic E-state index is 0.167. The maximum Gasteiger partial charge on any atom is 0.470 e. The van der Waals surface area contributed by atoms with E-state index in [4.69, 9.17) is 9.79 Å². The van der Waals surface area contributed by atoms with Gasteiger partial charge in [0.1, 0.15) is 6.73 Å². The molecule has 0 aliphatic heterocycles. The molecule has 0 heterocycles. The van der Waals surface area contributed by atoms with Crippen LogP contribution in [0.15, 0.2) is 30.3 Å². The number of hydrogen-bond donors (Lipinski definition) is 3. The van der Waals surface area contributed by atoms with Gasteiger partial charge in [0.2, 0.25) is 0 Å². The summed E-state index contributed by atoms with van der Waals surface area (Å²) in [4.78, 5) is 16.7. The van der Waals surface area contributed by atoms with E-state index in [0.29, 0.717) is 6.54 Å². The first-order chi connectivity index (χ1) is 6.58. The molecule has 0 aliphatic carbocycles. The normalized spacial score (nSPS) is 11.6. The van der Waals surface area contributed by atoms with Crippen molar-refractivity contribution in [2.24, 2.45) is 0 Å². The van der Waals surface area contributed by atoms with Crippen LogP contribution in [0, 0.1) is 0 Å². The van der Waals surface area contributed by atoms with Crippen LogP contribution >= 0.6 is 7.82 Å². The summed E-state index contributed by atoms with van der Waals surface area (Å²) in [5, 5.41) is 2.74. The first-order valence-corrected chi connectivity index (χ1v) is 5.56. The molecule has 0 saturated heterocycles. The zero-order valence-electron chi connectivity index (χ0n) is 7.46. The molecule has 0 aliphatic rings. The first kappa shape index (κ1) is 11.4. The Morgan fingerprint density at radius 3 is 2.50 bits per heavy atom. The van der Waals surface area contributed by atoms with E-state index in [9.17, 15) is 4.57 Å². The van der Waals surface area contributed by atoms with Crippen molar-refractivity contribution in [1.29, 1.82) is 0 Å². The van der Waals surface area contributed by atoms with Crippen LogP contribution in [0.25, 0.3) is 0 Å². The lowest BCUT2D eigenvalue weighted by Crippen LogP contribution is -2.16. The molecule has 0 spiro atoms. The Bertz CT molecular complexity index is 310. The Balaban J connectivity index is 2.20. The average Bonchev–Trinajstić information content (AvgIpc) is 2.13. The van der Waals surface area contributed by atoms with Crippen molar-refractivity contribution < 1.29 is 18.9 Å². The Kier molecular flexibility index (Phi) is 4.25. The van der Waals surface area contributed by atoms with Crippen molar-refractivity contribution in [3.05, 3.63) is 35.9 Å². The van der Waals surface area contributed by atoms with Crippen molar-refractivity contribution in [2.75, 3.05) is 6.73 Å². The highest BCUT2D eigenvalue weighted by atomic mass is 31.2. The number of rotatable bonds is 5. The number of phosphoric ester groups is 1. The zero-order valence-corrected chi connectivity index (χ0v) is 8.35. The molecule has 1 aromatic carbocycles. The van der Waals surface area contributed by atoms with E-state index in [2.05, 4.69) is 9.84 Å². The molecule has 0 saturated carbocycles. The lowest BCUT2D eigenvalue weighted by Gasteiger charge is -2.06. The smallest absolute Gasteiger partial charge is 0.303 e. The van der Waals surface area contributed by atoms with Gasteiger partial charge in [-0.1, -0.05) is 30.3 Å². The highest BCUT2D eigenvalue weighted by molar-refractivity contribution is 7.46. The lowest BCUT2D eigenvalue weighted by molar-refractivity contribution is 0.182. The summed E-state index contributed by atoms with van der Waals surface area (Å²) in [6.45, 7) is 0.347. The summed E-state index contributed by atoms with van der Waals surface area (Å²) in [5.41, 5.74) is 1.03. The van der Waals surface area contributed by atoms with Gasteiger partial charge in [-0.15, -0.1) is 0 Å². The highest BCUT2D eigenvalue weighted by Crippen LogP contribution is 2.34. The van der Waals surface area contributed by atoms with Crippen LogP contribution in [0.3, 0.4) is 0 Å². The van der Waals surface area contributed by atoms with Crippen molar-refractivity contribution in [3.63, 3.8) is 0 Å². The van der Waals surface area contributed by atoms with E-state index in [0.717, 1.165) is 5.56 Å². The average molecular weight is 217 g/mol. The van der Waals surface area contributed by atoms with E-state index in [1.54, 1.807) is 0 Å². The molecule has 0 atom stereocenters. The summed E-state index contributed by atoms with van der Waals surface area (Å²) in [6, 6.07) is 9.49. The standard InChI is InChI=1S/C8H12NO4P/c10-14(11,12)13-7-9-6-8-4-2-1-3-5-8/h1-5,9H,6-7H2,(H2,10,11,12). The Morgan fingerprint density at radius 1 is 1.29 bits per heavy atom. The predicted molar refractivity (Wildman–Crippen MR) is 51.3 cm³/mol. The second kappa shape index (κ2) is 5.24. The highest BCUT2D eigenvalue weighted by Gasteiger charge is 2.12. The molecule has 1 aromatic rings. The predicted octanol–water partition coefficient (Wildman–Crippen LogP) is 0.843. The maximum atomic E-state index is 10.3. The monoisotopic (exact) mass is 217 g/mol. The SMILES string of the molecule is O=P(O)(O)OCNCc1ccccc1. The Morgan fingerprint density at radius 2 is 1.93 bits per heavy atom. The molecule has 78 valence electrons. The minimum atomic E-state index is -4.35. The van der Waals surface area contributed by atoms with Crippen molar-refractivity contribution in [2.45, 2.75) is 6.54 Å². The molecule has 1 rings (SSSR count). The lowest BCUT2D eigenvalue weighted by atomic mass is 10.2. The van der Waals surface area contributed by atoms with Crippen LogP contribution in [-0.4, -0.2) is 16.5 Å². The Labute approximate surface area is 82.0 Å². The molecule has 0 fully saturated rings. The van der Waals surface area contributed by atoms with E-state index in [1.165, 1.54) is 0 Å². The number of nitrogens with one attached hydrogen (secondary N) is 1. The van der Waals surface area contributed by atoms with Crippen LogP contribution in [0.1, 0.15) is 5.56 Å². The topological polar surface area (TPSA) is 78.8 Å². The van der Waals surface area contributed by atoms with Gasteiger partial charge in [0.25, 0.3) is 0 Å². The third-order valence-electron chi connectivity index (χ3n) is 1.51. The Hall–Kier alpha value is -0.710. The van der Waals surface area contributed by atoms with Gasteiger partial charge in [-0.05, 0) is 5.56 Å². The van der Waals surface area contributed by atoms with Gasteiger partial charge in [-0.2, -0.15) is 0 Å². The largest absolute Gasteiger partial charge is 0.470 e. The molecule has 14 heavy (non-hydrogen) atoms. The fourth-order valence-corrected chi connectivity index (χ4v) is 1.18. The quantitative estimate of drug-likeness (QED) is 0.387. The summed E-state index contributed by atoms with van der Waals surface area (Å²) in [7, 11) is -4.35. The van der Waals surface area contributed by atoms with Gasteiger partial charge >= 0.3 is 7.82 Å². The second-order valence-electron chi connectivity index (χ2n) is 2.68. The summed E-state index contributed by atoms with van der Waals surface area (Å²) in [5.74, 6) is 0. The van der Waals surface area contributed by atoms with Crippen LogP contribution in [-0.2, 0) is 15.6 Å². The summed E-state index contributed by atoms with van der Waals surface area (Å²) < 4.78 is 14.5. The first-order valence-electron chi connectivity index (χ1n) is 4.03. The number of hydrogen-bond acceptors (Lipinski definition) is 3. The molecular formula is C8H12NO4P. The van der Waals surface area contributed by atoms with E-state index in [1.807, 2.05) is 30.3 Å². The van der Waals surface area contributed by atoms with Crippen molar-refractivity contribution in [1.82, 2.24) is 5.32 Å². The van der Waals surface area contributed by atoms with Crippen LogP contribution in [0.4, 0.5) is 0 Å².